The molecule has 0 bridgehead atoms. The van der Waals surface area contributed by atoms with Gasteiger partial charge in [-0.05, 0) is 43.3 Å². The standard InChI is InChI=1S/C20H22N2O2/c1-14-19(12-22(2)18-9-10-23-13-18)21-20(24-14)17-8-7-15-5-3-4-6-16(15)11-17/h3-8,11,18H,9-10,12-13H2,1-2H3/t18-/m1/s1. The Labute approximate surface area is 142 Å². The quantitative estimate of drug-likeness (QED) is 0.727. The van der Waals surface area contributed by atoms with Crippen LogP contribution in [0.1, 0.15) is 17.9 Å². The summed E-state index contributed by atoms with van der Waals surface area (Å²) in [7, 11) is 2.13. The smallest absolute Gasteiger partial charge is 0.226 e. The largest absolute Gasteiger partial charge is 0.441 e. The maximum Gasteiger partial charge on any atom is 0.226 e. The van der Waals surface area contributed by atoms with Gasteiger partial charge in [0, 0.05) is 24.8 Å². The first-order chi connectivity index (χ1) is 11.7. The topological polar surface area (TPSA) is 38.5 Å². The first-order valence-corrected chi connectivity index (χ1v) is 8.44. The maximum atomic E-state index is 5.94. The van der Waals surface area contributed by atoms with Gasteiger partial charge in [-0.15, -0.1) is 0 Å². The second-order valence-electron chi connectivity index (χ2n) is 6.52. The van der Waals surface area contributed by atoms with Gasteiger partial charge >= 0.3 is 0 Å². The van der Waals surface area contributed by atoms with Crippen molar-refractivity contribution in [2.24, 2.45) is 0 Å². The number of aryl methyl sites for hydroxylation is 1. The molecule has 0 amide bonds. The number of nitrogens with zero attached hydrogens (tertiary/aromatic N) is 2. The number of fused-ring (bicyclic) bond motifs is 1. The van der Waals surface area contributed by atoms with Crippen LogP contribution in [-0.2, 0) is 11.3 Å². The molecule has 0 saturated carbocycles. The van der Waals surface area contributed by atoms with Gasteiger partial charge in [-0.2, -0.15) is 0 Å². The number of rotatable bonds is 4. The lowest BCUT2D eigenvalue weighted by molar-refractivity contribution is 0.155. The van der Waals surface area contributed by atoms with Crippen LogP contribution in [0, 0.1) is 6.92 Å². The summed E-state index contributed by atoms with van der Waals surface area (Å²) in [6.45, 7) is 4.45. The summed E-state index contributed by atoms with van der Waals surface area (Å²) in [5, 5.41) is 2.43. The highest BCUT2D eigenvalue weighted by Gasteiger charge is 2.22. The summed E-state index contributed by atoms with van der Waals surface area (Å²) < 4.78 is 11.4. The highest BCUT2D eigenvalue weighted by molar-refractivity contribution is 5.86. The molecule has 0 unspecified atom stereocenters. The molecule has 4 rings (SSSR count). The lowest BCUT2D eigenvalue weighted by atomic mass is 10.1. The number of oxazole rings is 1. The van der Waals surface area contributed by atoms with E-state index in [2.05, 4.69) is 54.4 Å². The van der Waals surface area contributed by atoms with E-state index in [0.717, 1.165) is 43.2 Å². The molecule has 0 radical (unpaired) electrons. The van der Waals surface area contributed by atoms with E-state index >= 15 is 0 Å². The molecule has 1 fully saturated rings. The Bertz CT molecular complexity index is 850. The molecule has 1 aromatic heterocycles. The zero-order valence-electron chi connectivity index (χ0n) is 14.2. The van der Waals surface area contributed by atoms with Gasteiger partial charge in [0.15, 0.2) is 0 Å². The highest BCUT2D eigenvalue weighted by atomic mass is 16.5. The predicted octanol–water partition coefficient (Wildman–Crippen LogP) is 4.02. The molecule has 2 aromatic carbocycles. The molecular formula is C20H22N2O2. The van der Waals surface area contributed by atoms with Crippen molar-refractivity contribution in [1.29, 1.82) is 0 Å². The average Bonchev–Trinajstić information content (AvgIpc) is 3.25. The lowest BCUT2D eigenvalue weighted by Crippen LogP contribution is -2.31. The summed E-state index contributed by atoms with van der Waals surface area (Å²) in [4.78, 5) is 7.06. The third-order valence-electron chi connectivity index (χ3n) is 4.82. The molecule has 0 N–H and O–H groups in total. The third kappa shape index (κ3) is 2.95. The first kappa shape index (κ1) is 15.4. The van der Waals surface area contributed by atoms with E-state index in [-0.39, 0.29) is 0 Å². The Morgan fingerprint density at radius 3 is 2.79 bits per heavy atom. The van der Waals surface area contributed by atoms with Crippen LogP contribution in [0.4, 0.5) is 0 Å². The molecular weight excluding hydrogens is 300 g/mol. The number of aromatic nitrogens is 1. The monoisotopic (exact) mass is 322 g/mol. The zero-order chi connectivity index (χ0) is 16.5. The number of hydrogen-bond acceptors (Lipinski definition) is 4. The molecule has 1 aliphatic heterocycles. The first-order valence-electron chi connectivity index (χ1n) is 8.44. The van der Waals surface area contributed by atoms with Gasteiger partial charge in [0.1, 0.15) is 5.76 Å². The summed E-state index contributed by atoms with van der Waals surface area (Å²) in [5.41, 5.74) is 2.03. The van der Waals surface area contributed by atoms with Crippen molar-refractivity contribution in [2.45, 2.75) is 25.9 Å². The third-order valence-corrected chi connectivity index (χ3v) is 4.82. The Hall–Kier alpha value is -2.17. The minimum atomic E-state index is 0.477. The number of hydrogen-bond donors (Lipinski definition) is 0. The fraction of sp³-hybridized carbons (Fsp3) is 0.350. The molecule has 2 heterocycles. The van der Waals surface area contributed by atoms with Crippen LogP contribution in [0.15, 0.2) is 46.9 Å². The van der Waals surface area contributed by atoms with Gasteiger partial charge < -0.3 is 9.15 Å². The van der Waals surface area contributed by atoms with E-state index in [1.54, 1.807) is 0 Å². The normalized spacial score (nSPS) is 17.9. The van der Waals surface area contributed by atoms with Crippen molar-refractivity contribution in [3.05, 3.63) is 53.9 Å². The summed E-state index contributed by atoms with van der Waals surface area (Å²) in [5.74, 6) is 1.59. The van der Waals surface area contributed by atoms with Crippen LogP contribution in [0.5, 0.6) is 0 Å². The molecule has 124 valence electrons. The fourth-order valence-electron chi connectivity index (χ4n) is 3.26. The fourth-order valence-corrected chi connectivity index (χ4v) is 3.26. The Balaban J connectivity index is 1.59. The number of benzene rings is 2. The Morgan fingerprint density at radius 2 is 2.00 bits per heavy atom. The van der Waals surface area contributed by atoms with E-state index < -0.39 is 0 Å². The van der Waals surface area contributed by atoms with Crippen LogP contribution >= 0.6 is 0 Å². The van der Waals surface area contributed by atoms with E-state index in [1.165, 1.54) is 10.8 Å². The second-order valence-corrected chi connectivity index (χ2v) is 6.52. The summed E-state index contributed by atoms with van der Waals surface area (Å²) in [6.07, 6.45) is 1.09. The van der Waals surface area contributed by atoms with E-state index in [0.29, 0.717) is 11.9 Å². The Kier molecular flexibility index (Phi) is 4.08. The second kappa shape index (κ2) is 6.38. The molecule has 1 aliphatic rings. The van der Waals surface area contributed by atoms with Crippen molar-refractivity contribution in [3.8, 4) is 11.5 Å². The van der Waals surface area contributed by atoms with Crippen LogP contribution in [0.3, 0.4) is 0 Å². The minimum Gasteiger partial charge on any atom is -0.441 e. The molecule has 24 heavy (non-hydrogen) atoms. The van der Waals surface area contributed by atoms with Crippen molar-refractivity contribution in [3.63, 3.8) is 0 Å². The van der Waals surface area contributed by atoms with Gasteiger partial charge in [-0.3, -0.25) is 4.90 Å². The van der Waals surface area contributed by atoms with Crippen molar-refractivity contribution in [2.75, 3.05) is 20.3 Å². The summed E-state index contributed by atoms with van der Waals surface area (Å²) >= 11 is 0. The average molecular weight is 322 g/mol. The van der Waals surface area contributed by atoms with Crippen molar-refractivity contribution < 1.29 is 9.15 Å². The van der Waals surface area contributed by atoms with Crippen LogP contribution in [-0.4, -0.2) is 36.2 Å². The summed E-state index contributed by atoms with van der Waals surface area (Å²) in [6, 6.07) is 15.1. The van der Waals surface area contributed by atoms with Gasteiger partial charge in [0.05, 0.1) is 12.3 Å². The molecule has 4 nitrogen and oxygen atoms in total. The van der Waals surface area contributed by atoms with Gasteiger partial charge in [-0.25, -0.2) is 4.98 Å². The van der Waals surface area contributed by atoms with E-state index in [4.69, 9.17) is 14.1 Å². The number of ether oxygens (including phenoxy) is 1. The van der Waals surface area contributed by atoms with Gasteiger partial charge in [-0.1, -0.05) is 30.3 Å². The SMILES string of the molecule is Cc1oc(-c2ccc3ccccc3c2)nc1CN(C)[C@@H]1CCOC1. The predicted molar refractivity (Wildman–Crippen MR) is 94.9 cm³/mol. The maximum absolute atomic E-state index is 5.94. The van der Waals surface area contributed by atoms with Crippen LogP contribution < -0.4 is 0 Å². The molecule has 0 aliphatic carbocycles. The molecule has 3 aromatic rings. The van der Waals surface area contributed by atoms with Gasteiger partial charge in [0.2, 0.25) is 5.89 Å². The molecule has 0 spiro atoms. The minimum absolute atomic E-state index is 0.477. The van der Waals surface area contributed by atoms with Crippen LogP contribution in [0.2, 0.25) is 0 Å². The number of likely N-dealkylation sites (N-methyl/N-ethyl adjacent to an activating group) is 1. The van der Waals surface area contributed by atoms with Crippen molar-refractivity contribution >= 4 is 10.8 Å². The molecule has 1 atom stereocenters. The lowest BCUT2D eigenvalue weighted by Gasteiger charge is -2.21. The zero-order valence-corrected chi connectivity index (χ0v) is 14.2. The molecule has 4 heteroatoms. The molecule has 1 saturated heterocycles. The van der Waals surface area contributed by atoms with Crippen molar-refractivity contribution in [1.82, 2.24) is 9.88 Å². The van der Waals surface area contributed by atoms with Gasteiger partial charge in [0.25, 0.3) is 0 Å². The van der Waals surface area contributed by atoms with E-state index in [1.807, 2.05) is 6.92 Å². The highest BCUT2D eigenvalue weighted by Crippen LogP contribution is 2.26. The van der Waals surface area contributed by atoms with Crippen LogP contribution in [0.25, 0.3) is 22.2 Å². The Morgan fingerprint density at radius 1 is 1.17 bits per heavy atom. The van der Waals surface area contributed by atoms with E-state index in [9.17, 15) is 0 Å².